The van der Waals surface area contributed by atoms with Gasteiger partial charge in [0.15, 0.2) is 0 Å². The van der Waals surface area contributed by atoms with Crippen LogP contribution in [0.15, 0.2) is 42.5 Å². The highest BCUT2D eigenvalue weighted by Gasteiger charge is 2.20. The largest absolute Gasteiger partial charge is 0.320 e. The maximum Gasteiger partial charge on any atom is 0.123 e. The molecule has 0 N–H and O–H groups in total. The Morgan fingerprint density at radius 1 is 1.08 bits per heavy atom. The normalized spacial score (nSPS) is 15.9. The summed E-state index contributed by atoms with van der Waals surface area (Å²) in [6, 6.07) is 12.8. The average molecular weight is 369 g/mol. The Kier molecular flexibility index (Phi) is 4.60. The maximum atomic E-state index is 13.2. The molecule has 2 aromatic carbocycles. The van der Waals surface area contributed by atoms with Crippen molar-refractivity contribution in [2.45, 2.75) is 19.8 Å². The van der Waals surface area contributed by atoms with E-state index in [1.807, 2.05) is 18.2 Å². The van der Waals surface area contributed by atoms with Crippen LogP contribution in [0.25, 0.3) is 22.7 Å². The topological polar surface area (TPSA) is 8.17 Å². The van der Waals surface area contributed by atoms with Crippen LogP contribution in [0.4, 0.5) is 4.39 Å². The zero-order valence-electron chi connectivity index (χ0n) is 15.1. The number of fused-ring (bicyclic) bond motifs is 3. The molecule has 0 saturated heterocycles. The van der Waals surface area contributed by atoms with Crippen molar-refractivity contribution in [2.75, 3.05) is 20.1 Å². The van der Waals surface area contributed by atoms with Gasteiger partial charge in [-0.3, -0.25) is 0 Å². The van der Waals surface area contributed by atoms with E-state index < -0.39 is 0 Å². The van der Waals surface area contributed by atoms with Crippen molar-refractivity contribution in [3.63, 3.8) is 0 Å². The van der Waals surface area contributed by atoms with Crippen LogP contribution in [0.1, 0.15) is 23.7 Å². The van der Waals surface area contributed by atoms with Crippen LogP contribution in [0, 0.1) is 5.82 Å². The molecule has 1 aliphatic heterocycles. The highest BCUT2D eigenvalue weighted by atomic mass is 35.5. The van der Waals surface area contributed by atoms with Gasteiger partial charge in [0, 0.05) is 41.8 Å². The standard InChI is InChI=1S/C22H22ClFN2/c1-15(16-3-6-18(24)7-4-16)14-26-21-8-5-17(23)13-20(21)19-9-11-25(2)12-10-22(19)26/h3-8,13-14H,9-12H2,1-2H3. The maximum absolute atomic E-state index is 13.2. The third-order valence-corrected chi connectivity index (χ3v) is 5.51. The van der Waals surface area contributed by atoms with Gasteiger partial charge >= 0.3 is 0 Å². The number of halogens is 2. The lowest BCUT2D eigenvalue weighted by Gasteiger charge is -2.13. The quantitative estimate of drug-likeness (QED) is 0.581. The summed E-state index contributed by atoms with van der Waals surface area (Å²) in [6.07, 6.45) is 4.21. The first-order chi connectivity index (χ1) is 12.5. The Labute approximate surface area is 158 Å². The van der Waals surface area contributed by atoms with Crippen molar-refractivity contribution in [1.29, 1.82) is 0 Å². The van der Waals surface area contributed by atoms with Crippen LogP contribution in [0.2, 0.25) is 5.02 Å². The average Bonchev–Trinajstić information content (AvgIpc) is 2.76. The van der Waals surface area contributed by atoms with Crippen molar-refractivity contribution in [1.82, 2.24) is 9.47 Å². The van der Waals surface area contributed by atoms with E-state index in [1.54, 1.807) is 0 Å². The Balaban J connectivity index is 1.89. The Morgan fingerprint density at radius 3 is 2.58 bits per heavy atom. The molecule has 0 unspecified atom stereocenters. The molecule has 0 amide bonds. The molecule has 4 rings (SSSR count). The van der Waals surface area contributed by atoms with Crippen molar-refractivity contribution >= 4 is 34.3 Å². The molecule has 1 aliphatic rings. The van der Waals surface area contributed by atoms with E-state index in [2.05, 4.69) is 41.8 Å². The minimum absolute atomic E-state index is 0.209. The highest BCUT2D eigenvalue weighted by molar-refractivity contribution is 6.31. The number of benzene rings is 2. The predicted molar refractivity (Wildman–Crippen MR) is 108 cm³/mol. The first-order valence-corrected chi connectivity index (χ1v) is 9.35. The number of aromatic nitrogens is 1. The van der Waals surface area contributed by atoms with Crippen molar-refractivity contribution < 1.29 is 4.39 Å². The molecule has 2 heterocycles. The molecular weight excluding hydrogens is 347 g/mol. The Bertz CT molecular complexity index is 986. The van der Waals surface area contributed by atoms with E-state index in [0.717, 1.165) is 42.1 Å². The van der Waals surface area contributed by atoms with Crippen LogP contribution < -0.4 is 0 Å². The molecular formula is C22H22ClFN2. The van der Waals surface area contributed by atoms with E-state index in [1.165, 1.54) is 34.3 Å². The number of hydrogen-bond donors (Lipinski definition) is 0. The summed E-state index contributed by atoms with van der Waals surface area (Å²) in [7, 11) is 2.17. The highest BCUT2D eigenvalue weighted by Crippen LogP contribution is 2.32. The van der Waals surface area contributed by atoms with E-state index in [0.29, 0.717) is 0 Å². The van der Waals surface area contributed by atoms with Crippen LogP contribution in [-0.2, 0) is 12.8 Å². The van der Waals surface area contributed by atoms with Gasteiger partial charge in [0.25, 0.3) is 0 Å². The molecule has 26 heavy (non-hydrogen) atoms. The smallest absolute Gasteiger partial charge is 0.123 e. The molecule has 0 saturated carbocycles. The summed E-state index contributed by atoms with van der Waals surface area (Å²) in [5.74, 6) is -0.209. The molecule has 0 aliphatic carbocycles. The third kappa shape index (κ3) is 3.17. The zero-order chi connectivity index (χ0) is 18.3. The SMILES string of the molecule is CC(=Cn1c2c(c3cc(Cl)ccc31)CCN(C)CC2)c1ccc(F)cc1. The van der Waals surface area contributed by atoms with E-state index >= 15 is 0 Å². The molecule has 4 heteroatoms. The summed E-state index contributed by atoms with van der Waals surface area (Å²) in [4.78, 5) is 2.37. The first-order valence-electron chi connectivity index (χ1n) is 8.97. The molecule has 134 valence electrons. The lowest BCUT2D eigenvalue weighted by Crippen LogP contribution is -2.21. The fourth-order valence-electron chi connectivity index (χ4n) is 3.80. The monoisotopic (exact) mass is 368 g/mol. The molecule has 0 radical (unpaired) electrons. The molecule has 0 atom stereocenters. The van der Waals surface area contributed by atoms with Gasteiger partial charge in [0.2, 0.25) is 0 Å². The first kappa shape index (κ1) is 17.3. The number of likely N-dealkylation sites (N-methyl/N-ethyl adjacent to an activating group) is 1. The zero-order valence-corrected chi connectivity index (χ0v) is 15.9. The number of allylic oxidation sites excluding steroid dienone is 1. The second-order valence-electron chi connectivity index (χ2n) is 7.08. The van der Waals surface area contributed by atoms with Gasteiger partial charge < -0.3 is 9.47 Å². The molecule has 1 aromatic heterocycles. The van der Waals surface area contributed by atoms with Gasteiger partial charge in [0.05, 0.1) is 5.52 Å². The summed E-state index contributed by atoms with van der Waals surface area (Å²) < 4.78 is 15.5. The molecule has 0 bridgehead atoms. The van der Waals surface area contributed by atoms with E-state index in [9.17, 15) is 4.39 Å². The summed E-state index contributed by atoms with van der Waals surface area (Å²) in [5.41, 5.74) is 6.08. The van der Waals surface area contributed by atoms with Gasteiger partial charge in [-0.15, -0.1) is 0 Å². The second-order valence-corrected chi connectivity index (χ2v) is 7.52. The number of hydrogen-bond acceptors (Lipinski definition) is 1. The Morgan fingerprint density at radius 2 is 1.81 bits per heavy atom. The molecule has 2 nitrogen and oxygen atoms in total. The van der Waals surface area contributed by atoms with E-state index in [4.69, 9.17) is 11.6 Å². The summed E-state index contributed by atoms with van der Waals surface area (Å²) in [6.45, 7) is 4.17. The molecule has 0 spiro atoms. The number of rotatable bonds is 2. The van der Waals surface area contributed by atoms with Gasteiger partial charge in [-0.05, 0) is 67.4 Å². The summed E-state index contributed by atoms with van der Waals surface area (Å²) in [5, 5.41) is 2.01. The minimum atomic E-state index is -0.209. The van der Waals surface area contributed by atoms with Crippen LogP contribution in [-0.4, -0.2) is 29.6 Å². The van der Waals surface area contributed by atoms with Crippen molar-refractivity contribution in [3.05, 3.63) is 70.1 Å². The lowest BCUT2D eigenvalue weighted by molar-refractivity contribution is 0.351. The van der Waals surface area contributed by atoms with E-state index in [-0.39, 0.29) is 5.82 Å². The van der Waals surface area contributed by atoms with Gasteiger partial charge in [-0.1, -0.05) is 23.7 Å². The van der Waals surface area contributed by atoms with Gasteiger partial charge in [0.1, 0.15) is 5.82 Å². The molecule has 0 fully saturated rings. The molecule has 3 aromatic rings. The predicted octanol–water partition coefficient (Wildman–Crippen LogP) is 5.48. The van der Waals surface area contributed by atoms with Crippen LogP contribution in [0.3, 0.4) is 0 Å². The van der Waals surface area contributed by atoms with Crippen molar-refractivity contribution in [2.24, 2.45) is 0 Å². The van der Waals surface area contributed by atoms with Crippen LogP contribution in [0.5, 0.6) is 0 Å². The number of nitrogens with zero attached hydrogens (tertiary/aromatic N) is 2. The van der Waals surface area contributed by atoms with Crippen LogP contribution >= 0.6 is 11.6 Å². The van der Waals surface area contributed by atoms with Crippen molar-refractivity contribution in [3.8, 4) is 0 Å². The lowest BCUT2D eigenvalue weighted by atomic mass is 10.1. The second kappa shape index (κ2) is 6.90. The fraction of sp³-hybridized carbons (Fsp3) is 0.273. The van der Waals surface area contributed by atoms with Gasteiger partial charge in [-0.25, -0.2) is 4.39 Å². The fourth-order valence-corrected chi connectivity index (χ4v) is 3.97. The summed E-state index contributed by atoms with van der Waals surface area (Å²) >= 11 is 6.29. The Hall–Kier alpha value is -2.10. The third-order valence-electron chi connectivity index (χ3n) is 5.28. The minimum Gasteiger partial charge on any atom is -0.320 e. The van der Waals surface area contributed by atoms with Gasteiger partial charge in [-0.2, -0.15) is 0 Å².